The van der Waals surface area contributed by atoms with E-state index in [1.165, 1.54) is 65.0 Å². The van der Waals surface area contributed by atoms with Crippen LogP contribution in [-0.2, 0) is 78.1 Å². The Morgan fingerprint density at radius 3 is 1.20 bits per heavy atom. The van der Waals surface area contributed by atoms with Crippen molar-refractivity contribution < 1.29 is 70.5 Å². The van der Waals surface area contributed by atoms with Gasteiger partial charge in [0.05, 0.1) is 151 Å². The van der Waals surface area contributed by atoms with Gasteiger partial charge >= 0.3 is 11.9 Å². The lowest BCUT2D eigenvalue weighted by Gasteiger charge is -2.15. The van der Waals surface area contributed by atoms with Crippen LogP contribution in [-0.4, -0.2) is 234 Å². The summed E-state index contributed by atoms with van der Waals surface area (Å²) in [5.41, 5.74) is 16.1. The maximum Gasteiger partial charge on any atom is 0.342 e. The van der Waals surface area contributed by atoms with E-state index in [0.29, 0.717) is 137 Å². The van der Waals surface area contributed by atoms with Gasteiger partial charge in [0.2, 0.25) is 32.8 Å². The van der Waals surface area contributed by atoms with Crippen molar-refractivity contribution in [2.75, 3.05) is 59.6 Å². The van der Waals surface area contributed by atoms with Crippen molar-refractivity contribution in [3.63, 3.8) is 0 Å². The topological polar surface area (TPSA) is 497 Å². The van der Waals surface area contributed by atoms with Gasteiger partial charge in [-0.25, -0.2) is 87.8 Å². The molecule has 0 radical (unpaired) electrons. The minimum absolute atomic E-state index is 0. The molecule has 45 heteroatoms. The zero-order valence-corrected chi connectivity index (χ0v) is 84.6. The molecule has 0 spiro atoms. The fourth-order valence-corrected chi connectivity index (χ4v) is 17.3. The summed E-state index contributed by atoms with van der Waals surface area (Å²) >= 11 is 4.22. The van der Waals surface area contributed by atoms with Gasteiger partial charge in [0.25, 0.3) is 29.5 Å². The van der Waals surface area contributed by atoms with Crippen molar-refractivity contribution >= 4 is 132 Å². The number of aromatic nitrogens is 21. The number of allylic oxidation sites excluding steroid dienone is 1. The predicted molar refractivity (Wildman–Crippen MR) is 554 cm³/mol. The van der Waals surface area contributed by atoms with E-state index < -0.39 is 15.8 Å². The highest BCUT2D eigenvalue weighted by Gasteiger charge is 2.34. The Morgan fingerprint density at radius 1 is 0.423 bits per heavy atom. The SMILES string of the molecule is C.C1=Cc2cnccc2C1.CCOC(=O)c1cnc(SC)nc1C.CCOC(=O)c1cnc(SC)nc1C=O.COc1ccc(CN2Cc3nc(-n4ccc5cnccc54)ncc3C2=O)cc1.COc1ccc(CN2Cc3nc(S(C)(=O)=O)ncc3C2=O)cc1.COc1ccc(CN2Cc3nc(SC)ncc3C2=O)cc1.O=C1NCc2nc(-n3ccc4cnccc43)ncc21.O=C1NCc2nc(-n3ccc4cnccc43)ncc21. The highest BCUT2D eigenvalue weighted by atomic mass is 32.2. The maximum absolute atomic E-state index is 12.7. The quantitative estimate of drug-likeness (QED) is 0.0292. The van der Waals surface area contributed by atoms with Crippen LogP contribution in [0.3, 0.4) is 0 Å². The van der Waals surface area contributed by atoms with Gasteiger partial charge < -0.3 is 49.0 Å². The number of aldehydes is 1. The molecule has 0 saturated heterocycles. The number of esters is 2. The van der Waals surface area contributed by atoms with Crippen LogP contribution in [0.15, 0.2) is 254 Å². The van der Waals surface area contributed by atoms with Crippen molar-refractivity contribution in [1.29, 1.82) is 0 Å². The summed E-state index contributed by atoms with van der Waals surface area (Å²) in [6.45, 7) is 9.54. The van der Waals surface area contributed by atoms with E-state index in [9.17, 15) is 46.8 Å². The summed E-state index contributed by atoms with van der Waals surface area (Å²) in [6, 6.07) is 36.6. The molecule has 1 aliphatic carbocycles. The van der Waals surface area contributed by atoms with Gasteiger partial charge in [-0.3, -0.25) is 62.4 Å². The molecule has 14 aromatic heterocycles. The summed E-state index contributed by atoms with van der Waals surface area (Å²) in [5, 5.41) is 10.1. The number of ether oxygens (including phenoxy) is 5. The number of nitrogens with zero attached hydrogens (tertiary/aromatic N) is 24. The number of carbonyl (C=O) groups is 8. The second kappa shape index (κ2) is 49.0. The lowest BCUT2D eigenvalue weighted by molar-refractivity contribution is 0.0514. The van der Waals surface area contributed by atoms with Crippen LogP contribution in [0.25, 0.3) is 56.6 Å². The molecule has 17 aromatic rings. The molecule has 0 unspecified atom stereocenters. The van der Waals surface area contributed by atoms with E-state index in [4.69, 9.17) is 23.7 Å². The molecule has 5 aliphatic heterocycles. The lowest BCUT2D eigenvalue weighted by atomic mass is 10.2. The number of carbonyl (C=O) groups excluding carboxylic acids is 8. The van der Waals surface area contributed by atoms with Crippen LogP contribution in [0.2, 0.25) is 0 Å². The zero-order valence-electron chi connectivity index (χ0n) is 81.4. The number of methoxy groups -OCH3 is 3. The number of pyridine rings is 4. The maximum atomic E-state index is 12.7. The second-order valence-electron chi connectivity index (χ2n) is 32.6. The number of aryl methyl sites for hydroxylation is 1. The fourth-order valence-electron chi connectivity index (χ4n) is 15.7. The molecule has 2 N–H and O–H groups in total. The smallest absolute Gasteiger partial charge is 0.342 e. The van der Waals surface area contributed by atoms with Crippen LogP contribution in [0.1, 0.15) is 166 Å². The van der Waals surface area contributed by atoms with E-state index in [0.717, 1.165) is 102 Å². The highest BCUT2D eigenvalue weighted by Crippen LogP contribution is 2.32. The normalized spacial score (nSPS) is 12.7. The molecular formula is C104H98N26O15S4. The Labute approximate surface area is 867 Å². The van der Waals surface area contributed by atoms with E-state index in [-0.39, 0.29) is 72.5 Å². The largest absolute Gasteiger partial charge is 0.497 e. The van der Waals surface area contributed by atoms with Crippen molar-refractivity contribution in [1.82, 2.24) is 129 Å². The predicted octanol–water partition coefficient (Wildman–Crippen LogP) is 13.7. The van der Waals surface area contributed by atoms with Gasteiger partial charge in [0, 0.05) is 154 Å². The first kappa shape index (κ1) is 106. The molecule has 41 nitrogen and oxygen atoms in total. The van der Waals surface area contributed by atoms with Crippen molar-refractivity contribution in [2.24, 2.45) is 0 Å². The molecule has 0 bridgehead atoms. The number of sulfone groups is 1. The van der Waals surface area contributed by atoms with E-state index in [1.54, 1.807) is 125 Å². The molecule has 0 saturated carbocycles. The average Bonchev–Trinajstić information content (AvgIpc) is 1.63. The number of thioether (sulfide) groups is 3. The molecular weight excluding hydrogens is 1980 g/mol. The third-order valence-electron chi connectivity index (χ3n) is 23.2. The monoisotopic (exact) mass is 2080 g/mol. The number of nitrogens with one attached hydrogen (secondary N) is 2. The number of hydrogen-bond acceptors (Lipinski definition) is 36. The molecule has 19 heterocycles. The third kappa shape index (κ3) is 25.2. The highest BCUT2D eigenvalue weighted by molar-refractivity contribution is 7.98. The van der Waals surface area contributed by atoms with Gasteiger partial charge in [-0.15, -0.1) is 0 Å². The summed E-state index contributed by atoms with van der Waals surface area (Å²) in [7, 11) is 1.37. The first-order valence-electron chi connectivity index (χ1n) is 45.6. The molecule has 758 valence electrons. The number of rotatable bonds is 21. The van der Waals surface area contributed by atoms with Gasteiger partial charge in [-0.2, -0.15) is 0 Å². The summed E-state index contributed by atoms with van der Waals surface area (Å²) in [4.78, 5) is 174. The summed E-state index contributed by atoms with van der Waals surface area (Å²) in [6.07, 6.45) is 43.1. The Bertz CT molecular complexity index is 7860. The minimum atomic E-state index is -3.49. The van der Waals surface area contributed by atoms with Crippen LogP contribution in [0, 0.1) is 6.92 Å². The van der Waals surface area contributed by atoms with Crippen LogP contribution in [0.4, 0.5) is 0 Å². The lowest BCUT2D eigenvalue weighted by Crippen LogP contribution is -2.23. The number of benzene rings is 3. The van der Waals surface area contributed by atoms with E-state index >= 15 is 0 Å². The van der Waals surface area contributed by atoms with Crippen molar-refractivity contribution in [2.45, 2.75) is 108 Å². The third-order valence-corrected chi connectivity index (χ3v) is 25.7. The molecule has 6 aliphatic rings. The molecule has 0 fully saturated rings. The van der Waals surface area contributed by atoms with Crippen LogP contribution in [0.5, 0.6) is 17.2 Å². The zero-order chi connectivity index (χ0) is 104. The fraction of sp³-hybridized carbons (Fsp3) is 0.212. The Kier molecular flexibility index (Phi) is 34.8. The molecule has 23 rings (SSSR count). The standard InChI is InChI=1S/C21H17N5O2.C15H15N3O4S.C15H15N3O2S.2C13H9N5O.C9H10N2O3S.C9H12N2O2S.C8H7N.CH4/c1-28-16-4-2-14(3-5-16)12-25-13-18-17(20(25)27)11-23-21(24-18)26-9-7-15-10-22-8-6-19(15)26;1-22-11-5-3-10(4-6-11)8-18-9-13-12(14(18)19)7-16-15(17-13)23(2,20)21;1-20-11-5-3-10(4-6-11)8-18-9-13-12(14(18)19)7-16-15(17-13)21-2;2*19-12-9-6-16-13(17-10(9)7-15-12)18-4-2-8-5-14-3-1-11(8)18;1-3-14-8(13)6-4-10-9(15-2)11-7(6)5-12;1-4-13-8(12)7-5-10-9(14-3)11-6(7)2;1-2-7-4-5-9-6-8(7)3-1;/h2-11H,12-13H2,1H3;3-7H,8-9H2,1-2H3;3-7H,8-9H2,1-2H3;2*1-6H,7H2,(H,15,19);4-5H,3H2,1-2H3;5H,4H2,1-3H3;1,3-6H,2H2;1H4. The number of fused-ring (bicyclic) bond motifs is 9. The van der Waals surface area contributed by atoms with Crippen molar-refractivity contribution in [3.05, 3.63) is 339 Å². The molecule has 0 atom stereocenters. The molecule has 5 amide bonds. The molecule has 3 aromatic carbocycles. The van der Waals surface area contributed by atoms with Crippen LogP contribution >= 0.6 is 35.3 Å². The minimum Gasteiger partial charge on any atom is -0.497 e. The van der Waals surface area contributed by atoms with E-state index in [2.05, 4.69) is 119 Å². The van der Waals surface area contributed by atoms with Gasteiger partial charge in [0.1, 0.15) is 28.5 Å². The summed E-state index contributed by atoms with van der Waals surface area (Å²) < 4.78 is 53.7. The Balaban J connectivity index is 0.000000129. The van der Waals surface area contributed by atoms with E-state index in [1.807, 2.05) is 166 Å². The Hall–Kier alpha value is -17.5. The number of hydrogen-bond donors (Lipinski definition) is 2. The summed E-state index contributed by atoms with van der Waals surface area (Å²) in [5.74, 6) is 2.63. The van der Waals surface area contributed by atoms with Crippen LogP contribution < -0.4 is 24.8 Å². The number of amides is 5. The van der Waals surface area contributed by atoms with Crippen molar-refractivity contribution in [3.8, 4) is 35.1 Å². The van der Waals surface area contributed by atoms with Gasteiger partial charge in [-0.1, -0.05) is 91.3 Å². The first-order chi connectivity index (χ1) is 71.8. The van der Waals surface area contributed by atoms with Gasteiger partial charge in [-0.05, 0) is 153 Å². The Morgan fingerprint density at radius 2 is 0.792 bits per heavy atom. The molecule has 149 heavy (non-hydrogen) atoms. The first-order valence-corrected chi connectivity index (χ1v) is 51.2. The second-order valence-corrected chi connectivity index (χ2v) is 36.8. The van der Waals surface area contributed by atoms with Gasteiger partial charge in [0.15, 0.2) is 21.8 Å². The average molecular weight is 2080 g/mol.